The summed E-state index contributed by atoms with van der Waals surface area (Å²) in [7, 11) is 0. The number of hydrogen-bond donors (Lipinski definition) is 1. The fourth-order valence-electron chi connectivity index (χ4n) is 2.53. The van der Waals surface area contributed by atoms with E-state index in [1.165, 1.54) is 0 Å². The smallest absolute Gasteiger partial charge is 0.308 e. The molecule has 0 spiro atoms. The van der Waals surface area contributed by atoms with Gasteiger partial charge < -0.3 is 4.74 Å². The summed E-state index contributed by atoms with van der Waals surface area (Å²) in [6, 6.07) is 2.11. The van der Waals surface area contributed by atoms with Crippen LogP contribution in [-0.4, -0.2) is 22.8 Å². The van der Waals surface area contributed by atoms with Crippen LogP contribution in [0.1, 0.15) is 49.9 Å². The molecule has 0 aliphatic heterocycles. The van der Waals surface area contributed by atoms with Crippen molar-refractivity contribution in [3.8, 4) is 0 Å². The maximum atomic E-state index is 11.6. The van der Waals surface area contributed by atoms with Gasteiger partial charge >= 0.3 is 5.97 Å². The number of nitrogens with zero attached hydrogens (tertiary/aromatic N) is 1. The van der Waals surface area contributed by atoms with Gasteiger partial charge in [-0.25, -0.2) is 0 Å². The van der Waals surface area contributed by atoms with Crippen molar-refractivity contribution in [2.75, 3.05) is 6.61 Å². The molecule has 0 atom stereocenters. The van der Waals surface area contributed by atoms with Gasteiger partial charge in [-0.05, 0) is 45.6 Å². The molecule has 94 valence electrons. The summed E-state index contributed by atoms with van der Waals surface area (Å²) in [6.07, 6.45) is 3.92. The number of H-pyrrole nitrogens is 1. The minimum absolute atomic E-state index is 0.0239. The van der Waals surface area contributed by atoms with Gasteiger partial charge in [0.25, 0.3) is 0 Å². The van der Waals surface area contributed by atoms with Crippen LogP contribution in [-0.2, 0) is 9.53 Å². The number of aryl methyl sites for hydroxylation is 1. The molecule has 0 radical (unpaired) electrons. The Morgan fingerprint density at radius 2 is 2.18 bits per heavy atom. The standard InChI is InChI=1S/C13H20N2O2/c1-3-17-13(16)11-6-4-10(5-7-11)12-8-9(2)14-15-12/h8,10-11H,3-7H2,1-2H3,(H,14,15). The molecule has 1 N–H and O–H groups in total. The Labute approximate surface area is 102 Å². The molecule has 1 heterocycles. The molecule has 4 heteroatoms. The van der Waals surface area contributed by atoms with Crippen molar-refractivity contribution in [3.05, 3.63) is 17.5 Å². The zero-order chi connectivity index (χ0) is 12.3. The van der Waals surface area contributed by atoms with Crippen molar-refractivity contribution in [2.45, 2.75) is 45.4 Å². The molecule has 0 amide bonds. The highest BCUT2D eigenvalue weighted by molar-refractivity contribution is 5.72. The van der Waals surface area contributed by atoms with E-state index in [2.05, 4.69) is 16.3 Å². The van der Waals surface area contributed by atoms with Crippen LogP contribution in [0.25, 0.3) is 0 Å². The second-order valence-corrected chi connectivity index (χ2v) is 4.78. The van der Waals surface area contributed by atoms with Crippen molar-refractivity contribution >= 4 is 5.97 Å². The zero-order valence-electron chi connectivity index (χ0n) is 10.5. The van der Waals surface area contributed by atoms with Crippen molar-refractivity contribution in [1.82, 2.24) is 10.2 Å². The Morgan fingerprint density at radius 3 is 2.71 bits per heavy atom. The van der Waals surface area contributed by atoms with Gasteiger partial charge in [-0.3, -0.25) is 9.89 Å². The van der Waals surface area contributed by atoms with Gasteiger partial charge in [0.15, 0.2) is 0 Å². The molecular weight excluding hydrogens is 216 g/mol. The highest BCUT2D eigenvalue weighted by Gasteiger charge is 2.28. The number of nitrogens with one attached hydrogen (secondary N) is 1. The first-order valence-corrected chi connectivity index (χ1v) is 6.39. The van der Waals surface area contributed by atoms with Crippen LogP contribution in [0, 0.1) is 12.8 Å². The molecule has 1 fully saturated rings. The lowest BCUT2D eigenvalue weighted by molar-refractivity contribution is -0.149. The van der Waals surface area contributed by atoms with Crippen LogP contribution in [0.2, 0.25) is 0 Å². The second kappa shape index (κ2) is 5.34. The van der Waals surface area contributed by atoms with Crippen molar-refractivity contribution in [3.63, 3.8) is 0 Å². The summed E-state index contributed by atoms with van der Waals surface area (Å²) in [4.78, 5) is 11.6. The summed E-state index contributed by atoms with van der Waals surface area (Å²) < 4.78 is 5.07. The van der Waals surface area contributed by atoms with Gasteiger partial charge in [0.1, 0.15) is 0 Å². The van der Waals surface area contributed by atoms with E-state index in [0.29, 0.717) is 12.5 Å². The highest BCUT2D eigenvalue weighted by Crippen LogP contribution is 2.35. The van der Waals surface area contributed by atoms with Crippen LogP contribution in [0.15, 0.2) is 6.07 Å². The summed E-state index contributed by atoms with van der Waals surface area (Å²) in [5, 5.41) is 7.28. The molecule has 0 unspecified atom stereocenters. The molecule has 4 nitrogen and oxygen atoms in total. The first kappa shape index (κ1) is 12.1. The normalized spacial score (nSPS) is 24.6. The Hall–Kier alpha value is -1.32. The highest BCUT2D eigenvalue weighted by atomic mass is 16.5. The Balaban J connectivity index is 1.88. The van der Waals surface area contributed by atoms with E-state index in [1.807, 2.05) is 13.8 Å². The predicted octanol–water partition coefficient (Wildman–Crippen LogP) is 2.56. The topological polar surface area (TPSA) is 55.0 Å². The fraction of sp³-hybridized carbons (Fsp3) is 0.692. The number of rotatable bonds is 3. The third-order valence-corrected chi connectivity index (χ3v) is 3.49. The molecule has 1 saturated carbocycles. The maximum absolute atomic E-state index is 11.6. The molecule has 1 aromatic rings. The van der Waals surface area contributed by atoms with E-state index in [-0.39, 0.29) is 11.9 Å². The number of carbonyl (C=O) groups is 1. The first-order chi connectivity index (χ1) is 8.20. The monoisotopic (exact) mass is 236 g/mol. The van der Waals surface area contributed by atoms with E-state index < -0.39 is 0 Å². The molecule has 1 aliphatic rings. The minimum Gasteiger partial charge on any atom is -0.466 e. The van der Waals surface area contributed by atoms with Crippen molar-refractivity contribution in [2.24, 2.45) is 5.92 Å². The summed E-state index contributed by atoms with van der Waals surface area (Å²) in [5.41, 5.74) is 2.25. The van der Waals surface area contributed by atoms with Gasteiger partial charge in [-0.1, -0.05) is 0 Å². The number of esters is 1. The SMILES string of the molecule is CCOC(=O)C1CCC(c2cc(C)[nH]n2)CC1. The Bertz CT molecular complexity index is 379. The quantitative estimate of drug-likeness (QED) is 0.820. The predicted molar refractivity (Wildman–Crippen MR) is 64.7 cm³/mol. The van der Waals surface area contributed by atoms with Gasteiger partial charge in [-0.2, -0.15) is 5.10 Å². The average molecular weight is 236 g/mol. The largest absolute Gasteiger partial charge is 0.466 e. The van der Waals surface area contributed by atoms with Crippen LogP contribution in [0.4, 0.5) is 0 Å². The lowest BCUT2D eigenvalue weighted by Crippen LogP contribution is -2.23. The molecule has 0 aromatic carbocycles. The molecule has 1 aliphatic carbocycles. The molecule has 0 saturated heterocycles. The van der Waals surface area contributed by atoms with Crippen LogP contribution >= 0.6 is 0 Å². The van der Waals surface area contributed by atoms with Crippen LogP contribution in [0.5, 0.6) is 0 Å². The zero-order valence-corrected chi connectivity index (χ0v) is 10.5. The lowest BCUT2D eigenvalue weighted by Gasteiger charge is -2.25. The number of ether oxygens (including phenoxy) is 1. The maximum Gasteiger partial charge on any atom is 0.308 e. The third kappa shape index (κ3) is 2.87. The lowest BCUT2D eigenvalue weighted by atomic mass is 9.80. The summed E-state index contributed by atoms with van der Waals surface area (Å²) in [5.74, 6) is 0.584. The number of aromatic nitrogens is 2. The molecule has 2 rings (SSSR count). The van der Waals surface area contributed by atoms with E-state index >= 15 is 0 Å². The first-order valence-electron chi connectivity index (χ1n) is 6.39. The number of aromatic amines is 1. The average Bonchev–Trinajstić information content (AvgIpc) is 2.76. The Kier molecular flexibility index (Phi) is 3.82. The molecular formula is C13H20N2O2. The second-order valence-electron chi connectivity index (χ2n) is 4.78. The van der Waals surface area contributed by atoms with E-state index in [9.17, 15) is 4.79 Å². The fourth-order valence-corrected chi connectivity index (χ4v) is 2.53. The third-order valence-electron chi connectivity index (χ3n) is 3.49. The van der Waals surface area contributed by atoms with Crippen LogP contribution < -0.4 is 0 Å². The summed E-state index contributed by atoms with van der Waals surface area (Å²) in [6.45, 7) is 4.36. The van der Waals surface area contributed by atoms with E-state index in [4.69, 9.17) is 4.74 Å². The van der Waals surface area contributed by atoms with Gasteiger partial charge in [0.05, 0.1) is 18.2 Å². The molecule has 0 bridgehead atoms. The van der Waals surface area contributed by atoms with E-state index in [1.54, 1.807) is 0 Å². The van der Waals surface area contributed by atoms with Crippen molar-refractivity contribution in [1.29, 1.82) is 0 Å². The van der Waals surface area contributed by atoms with Crippen molar-refractivity contribution < 1.29 is 9.53 Å². The minimum atomic E-state index is -0.0239. The van der Waals surface area contributed by atoms with Gasteiger partial charge in [0, 0.05) is 11.6 Å². The Morgan fingerprint density at radius 1 is 1.47 bits per heavy atom. The molecule has 1 aromatic heterocycles. The number of carbonyl (C=O) groups excluding carboxylic acids is 1. The van der Waals surface area contributed by atoms with Gasteiger partial charge in [-0.15, -0.1) is 0 Å². The summed E-state index contributed by atoms with van der Waals surface area (Å²) >= 11 is 0. The van der Waals surface area contributed by atoms with Gasteiger partial charge in [0.2, 0.25) is 0 Å². The van der Waals surface area contributed by atoms with Crippen LogP contribution in [0.3, 0.4) is 0 Å². The number of hydrogen-bond acceptors (Lipinski definition) is 3. The molecule has 17 heavy (non-hydrogen) atoms. The van der Waals surface area contributed by atoms with E-state index in [0.717, 1.165) is 37.1 Å².